The second-order valence-corrected chi connectivity index (χ2v) is 10.1. The fourth-order valence-electron chi connectivity index (χ4n) is 4.65. The monoisotopic (exact) mass is 494 g/mol. The molecule has 3 rings (SSSR count). The molecule has 4 heteroatoms. The summed E-state index contributed by atoms with van der Waals surface area (Å²) in [6, 6.07) is 13.6. The standard InChI is InChI=1S/C28H37Cl3O/c29-17-7-1-4-10-22-13-15-27-25(20-22)24(12-6-3-9-19-31)26-21-23(11-5-2-8-18-30)14-16-28(26)32-27/h13-16,20-21,24H,1-12,17-19H2. The molecular formula is C28H37Cl3O. The van der Waals surface area contributed by atoms with Crippen molar-refractivity contribution in [3.63, 3.8) is 0 Å². The van der Waals surface area contributed by atoms with Crippen LogP contribution in [0.1, 0.15) is 92.4 Å². The zero-order valence-electron chi connectivity index (χ0n) is 19.2. The number of fused-ring (bicyclic) bond motifs is 2. The maximum atomic E-state index is 6.38. The van der Waals surface area contributed by atoms with Gasteiger partial charge in [0.15, 0.2) is 0 Å². The number of unbranched alkanes of at least 4 members (excludes halogenated alkanes) is 6. The van der Waals surface area contributed by atoms with Crippen molar-refractivity contribution in [2.24, 2.45) is 0 Å². The topological polar surface area (TPSA) is 9.23 Å². The first-order valence-electron chi connectivity index (χ1n) is 12.4. The van der Waals surface area contributed by atoms with Gasteiger partial charge in [-0.05, 0) is 74.6 Å². The lowest BCUT2D eigenvalue weighted by Crippen LogP contribution is -2.12. The largest absolute Gasteiger partial charge is 0.457 e. The van der Waals surface area contributed by atoms with E-state index < -0.39 is 0 Å². The average Bonchev–Trinajstić information content (AvgIpc) is 2.82. The van der Waals surface area contributed by atoms with Crippen LogP contribution in [0, 0.1) is 0 Å². The molecule has 0 aliphatic carbocycles. The van der Waals surface area contributed by atoms with E-state index in [1.54, 1.807) is 0 Å². The molecule has 1 aliphatic rings. The molecule has 1 heterocycles. The molecule has 32 heavy (non-hydrogen) atoms. The average molecular weight is 496 g/mol. The Kier molecular flexibility index (Phi) is 11.6. The van der Waals surface area contributed by atoms with E-state index in [2.05, 4.69) is 36.4 Å². The van der Waals surface area contributed by atoms with E-state index in [-0.39, 0.29) is 0 Å². The maximum Gasteiger partial charge on any atom is 0.131 e. The molecule has 0 radical (unpaired) electrons. The summed E-state index contributed by atoms with van der Waals surface area (Å²) in [5.41, 5.74) is 5.54. The summed E-state index contributed by atoms with van der Waals surface area (Å²) in [4.78, 5) is 0. The van der Waals surface area contributed by atoms with Crippen LogP contribution < -0.4 is 4.74 Å². The summed E-state index contributed by atoms with van der Waals surface area (Å²) in [5, 5.41) is 0. The summed E-state index contributed by atoms with van der Waals surface area (Å²) in [6.07, 6.45) is 13.8. The van der Waals surface area contributed by atoms with Gasteiger partial charge in [0.25, 0.3) is 0 Å². The lowest BCUT2D eigenvalue weighted by atomic mass is 9.82. The first kappa shape index (κ1) is 25.7. The van der Waals surface area contributed by atoms with Gasteiger partial charge in [0.1, 0.15) is 11.5 Å². The molecule has 1 aliphatic heterocycles. The SMILES string of the molecule is ClCCCCCc1ccc2c(c1)C(CCCCCCl)c1cc(CCCCCCl)ccc1O2. The van der Waals surface area contributed by atoms with Crippen molar-refractivity contribution < 1.29 is 4.74 Å². The minimum absolute atomic E-state index is 0.398. The smallest absolute Gasteiger partial charge is 0.131 e. The van der Waals surface area contributed by atoms with Gasteiger partial charge in [0.2, 0.25) is 0 Å². The molecule has 0 amide bonds. The fourth-order valence-corrected chi connectivity index (χ4v) is 5.22. The molecule has 1 nitrogen and oxygen atoms in total. The Bertz CT molecular complexity index is 759. The Balaban J connectivity index is 1.79. The molecule has 0 N–H and O–H groups in total. The fraction of sp³-hybridized carbons (Fsp3) is 0.571. The molecule has 0 atom stereocenters. The summed E-state index contributed by atoms with van der Waals surface area (Å²) in [5.74, 6) is 4.72. The van der Waals surface area contributed by atoms with E-state index >= 15 is 0 Å². The van der Waals surface area contributed by atoms with E-state index in [4.69, 9.17) is 39.5 Å². The number of benzene rings is 2. The Morgan fingerprint density at radius 3 is 1.50 bits per heavy atom. The summed E-state index contributed by atoms with van der Waals surface area (Å²) >= 11 is 17.6. The summed E-state index contributed by atoms with van der Waals surface area (Å²) in [6.45, 7) is 0. The second kappa shape index (κ2) is 14.4. The molecule has 0 saturated carbocycles. The zero-order valence-corrected chi connectivity index (χ0v) is 21.5. The van der Waals surface area contributed by atoms with Gasteiger partial charge in [0.05, 0.1) is 0 Å². The summed E-state index contributed by atoms with van der Waals surface area (Å²) in [7, 11) is 0. The van der Waals surface area contributed by atoms with Crippen LogP contribution in [-0.2, 0) is 12.8 Å². The van der Waals surface area contributed by atoms with Gasteiger partial charge in [-0.1, -0.05) is 49.9 Å². The van der Waals surface area contributed by atoms with Crippen LogP contribution in [0.5, 0.6) is 11.5 Å². The third-order valence-corrected chi connectivity index (χ3v) is 7.25. The predicted molar refractivity (Wildman–Crippen MR) is 141 cm³/mol. The first-order valence-corrected chi connectivity index (χ1v) is 14.0. The van der Waals surface area contributed by atoms with Crippen molar-refractivity contribution in [2.75, 3.05) is 17.6 Å². The third-order valence-electron chi connectivity index (χ3n) is 6.44. The molecule has 2 aromatic carbocycles. The highest BCUT2D eigenvalue weighted by Gasteiger charge is 2.27. The number of ether oxygens (including phenoxy) is 1. The zero-order chi connectivity index (χ0) is 22.6. The van der Waals surface area contributed by atoms with Crippen molar-refractivity contribution in [3.05, 3.63) is 58.7 Å². The van der Waals surface area contributed by atoms with Gasteiger partial charge in [-0.15, -0.1) is 34.8 Å². The Hall–Kier alpha value is -0.890. The number of rotatable bonds is 15. The molecule has 176 valence electrons. The van der Waals surface area contributed by atoms with Gasteiger partial charge in [-0.3, -0.25) is 0 Å². The first-order chi connectivity index (χ1) is 15.8. The maximum absolute atomic E-state index is 6.38. The van der Waals surface area contributed by atoms with Gasteiger partial charge < -0.3 is 4.74 Å². The van der Waals surface area contributed by atoms with Gasteiger partial charge in [-0.2, -0.15) is 0 Å². The molecule has 2 aromatic rings. The van der Waals surface area contributed by atoms with Crippen LogP contribution in [0.2, 0.25) is 0 Å². The molecule has 0 unspecified atom stereocenters. The minimum Gasteiger partial charge on any atom is -0.457 e. The van der Waals surface area contributed by atoms with Crippen molar-refractivity contribution in [3.8, 4) is 11.5 Å². The third kappa shape index (κ3) is 7.57. The van der Waals surface area contributed by atoms with Crippen molar-refractivity contribution in [1.29, 1.82) is 0 Å². The Labute approximate surface area is 209 Å². The molecular weight excluding hydrogens is 459 g/mol. The molecule has 0 saturated heterocycles. The lowest BCUT2D eigenvalue weighted by Gasteiger charge is -2.29. The van der Waals surface area contributed by atoms with Crippen LogP contribution in [-0.4, -0.2) is 17.6 Å². The molecule has 0 spiro atoms. The minimum atomic E-state index is 0.398. The van der Waals surface area contributed by atoms with Crippen molar-refractivity contribution >= 4 is 34.8 Å². The molecule has 0 aromatic heterocycles. The Morgan fingerprint density at radius 1 is 0.562 bits per heavy atom. The molecule has 0 fully saturated rings. The van der Waals surface area contributed by atoms with Crippen LogP contribution in [0.25, 0.3) is 0 Å². The van der Waals surface area contributed by atoms with Crippen LogP contribution in [0.3, 0.4) is 0 Å². The van der Waals surface area contributed by atoms with E-state index in [0.717, 1.165) is 67.7 Å². The van der Waals surface area contributed by atoms with Crippen LogP contribution in [0.15, 0.2) is 36.4 Å². The van der Waals surface area contributed by atoms with E-state index in [1.165, 1.54) is 60.8 Å². The van der Waals surface area contributed by atoms with Crippen molar-refractivity contribution in [1.82, 2.24) is 0 Å². The van der Waals surface area contributed by atoms with Crippen molar-refractivity contribution in [2.45, 2.75) is 83.0 Å². The number of alkyl halides is 3. The highest BCUT2D eigenvalue weighted by Crippen LogP contribution is 2.47. The summed E-state index contributed by atoms with van der Waals surface area (Å²) < 4.78 is 6.38. The van der Waals surface area contributed by atoms with Crippen LogP contribution >= 0.6 is 34.8 Å². The number of aryl methyl sites for hydroxylation is 2. The highest BCUT2D eigenvalue weighted by molar-refractivity contribution is 6.18. The molecule has 0 bridgehead atoms. The van der Waals surface area contributed by atoms with E-state index in [1.807, 2.05) is 0 Å². The van der Waals surface area contributed by atoms with E-state index in [0.29, 0.717) is 5.92 Å². The number of halogens is 3. The normalized spacial score (nSPS) is 13.0. The van der Waals surface area contributed by atoms with Gasteiger partial charge in [0, 0.05) is 34.7 Å². The second-order valence-electron chi connectivity index (χ2n) is 8.94. The highest BCUT2D eigenvalue weighted by atomic mass is 35.5. The van der Waals surface area contributed by atoms with Crippen LogP contribution in [0.4, 0.5) is 0 Å². The van der Waals surface area contributed by atoms with Gasteiger partial charge in [-0.25, -0.2) is 0 Å². The quantitative estimate of drug-likeness (QED) is 0.176. The number of hydrogen-bond donors (Lipinski definition) is 0. The Morgan fingerprint density at radius 2 is 1.03 bits per heavy atom. The predicted octanol–water partition coefficient (Wildman–Crippen LogP) is 9.63. The van der Waals surface area contributed by atoms with Gasteiger partial charge >= 0.3 is 0 Å². The number of hydrogen-bond acceptors (Lipinski definition) is 1. The van der Waals surface area contributed by atoms with E-state index in [9.17, 15) is 0 Å². The lowest BCUT2D eigenvalue weighted by molar-refractivity contribution is 0.436.